The first-order chi connectivity index (χ1) is 8.45. The van der Waals surface area contributed by atoms with Gasteiger partial charge in [-0.05, 0) is 25.5 Å². The highest BCUT2D eigenvalue weighted by atomic mass is 16.4. The maximum Gasteiger partial charge on any atom is 0.326 e. The molecule has 0 aliphatic carbocycles. The van der Waals surface area contributed by atoms with E-state index in [0.29, 0.717) is 5.56 Å². The molecule has 0 saturated carbocycles. The second kappa shape index (κ2) is 6.16. The van der Waals surface area contributed by atoms with E-state index in [9.17, 15) is 9.59 Å². The van der Waals surface area contributed by atoms with Crippen molar-refractivity contribution in [2.45, 2.75) is 26.3 Å². The van der Waals surface area contributed by atoms with E-state index in [1.54, 1.807) is 13.0 Å². The zero-order valence-corrected chi connectivity index (χ0v) is 10.4. The molecule has 0 saturated heterocycles. The van der Waals surface area contributed by atoms with Crippen LogP contribution in [0.3, 0.4) is 0 Å². The Labute approximate surface area is 105 Å². The summed E-state index contributed by atoms with van der Waals surface area (Å²) in [6.45, 7) is 3.36. The van der Waals surface area contributed by atoms with Crippen molar-refractivity contribution in [1.82, 2.24) is 5.32 Å². The number of carbonyl (C=O) groups excluding carboxylic acids is 1. The predicted molar refractivity (Wildman–Crippen MR) is 66.5 cm³/mol. The van der Waals surface area contributed by atoms with Crippen molar-refractivity contribution in [3.05, 3.63) is 34.9 Å². The molecule has 0 heterocycles. The van der Waals surface area contributed by atoms with Gasteiger partial charge >= 0.3 is 5.97 Å². The number of carbonyl (C=O) groups is 2. The highest BCUT2D eigenvalue weighted by Crippen LogP contribution is 2.11. The molecule has 0 aromatic heterocycles. The van der Waals surface area contributed by atoms with Crippen LogP contribution < -0.4 is 5.32 Å². The molecule has 1 aromatic rings. The number of aliphatic hydroxyl groups is 1. The monoisotopic (exact) mass is 251 g/mol. The number of hydrogen-bond acceptors (Lipinski definition) is 3. The van der Waals surface area contributed by atoms with Gasteiger partial charge in [0.1, 0.15) is 6.04 Å². The minimum atomic E-state index is -1.15. The van der Waals surface area contributed by atoms with E-state index in [1.165, 1.54) is 0 Å². The molecule has 0 aliphatic heterocycles. The van der Waals surface area contributed by atoms with E-state index in [-0.39, 0.29) is 13.0 Å². The van der Waals surface area contributed by atoms with E-state index in [4.69, 9.17) is 10.2 Å². The van der Waals surface area contributed by atoms with Crippen LogP contribution in [-0.4, -0.2) is 34.7 Å². The van der Waals surface area contributed by atoms with Crippen molar-refractivity contribution in [2.24, 2.45) is 0 Å². The van der Waals surface area contributed by atoms with Gasteiger partial charge in [0.15, 0.2) is 0 Å². The summed E-state index contributed by atoms with van der Waals surface area (Å²) in [5.41, 5.74) is 2.17. The number of hydrogen-bond donors (Lipinski definition) is 3. The SMILES string of the molecule is Cc1ccc(C)c(C(=O)NC(CCO)C(=O)O)c1. The van der Waals surface area contributed by atoms with Crippen LogP contribution in [0.5, 0.6) is 0 Å². The van der Waals surface area contributed by atoms with Crippen LogP contribution >= 0.6 is 0 Å². The van der Waals surface area contributed by atoms with Crippen molar-refractivity contribution >= 4 is 11.9 Å². The Bertz CT molecular complexity index is 456. The molecule has 0 aliphatic rings. The Morgan fingerprint density at radius 2 is 2.00 bits per heavy atom. The third-order valence-electron chi connectivity index (χ3n) is 2.66. The molecule has 5 heteroatoms. The second-order valence-electron chi connectivity index (χ2n) is 4.19. The molecule has 0 fully saturated rings. The van der Waals surface area contributed by atoms with Gasteiger partial charge in [-0.15, -0.1) is 0 Å². The average molecular weight is 251 g/mol. The largest absolute Gasteiger partial charge is 0.480 e. The number of benzene rings is 1. The van der Waals surface area contributed by atoms with Crippen molar-refractivity contribution < 1.29 is 19.8 Å². The summed E-state index contributed by atoms with van der Waals surface area (Å²) in [6.07, 6.45) is -0.00800. The summed E-state index contributed by atoms with van der Waals surface area (Å²) in [4.78, 5) is 22.8. The zero-order chi connectivity index (χ0) is 13.7. The Morgan fingerprint density at radius 3 is 2.56 bits per heavy atom. The number of aliphatic hydroxyl groups excluding tert-OH is 1. The van der Waals surface area contributed by atoms with E-state index in [0.717, 1.165) is 11.1 Å². The van der Waals surface area contributed by atoms with E-state index in [1.807, 2.05) is 19.1 Å². The van der Waals surface area contributed by atoms with Crippen molar-refractivity contribution in [2.75, 3.05) is 6.61 Å². The molecule has 3 N–H and O–H groups in total. The van der Waals surface area contributed by atoms with Crippen LogP contribution in [0, 0.1) is 13.8 Å². The third kappa shape index (κ3) is 3.56. The average Bonchev–Trinajstić information content (AvgIpc) is 2.31. The Hall–Kier alpha value is -1.88. The van der Waals surface area contributed by atoms with Gasteiger partial charge in [-0.25, -0.2) is 4.79 Å². The fourth-order valence-electron chi connectivity index (χ4n) is 1.60. The van der Waals surface area contributed by atoms with Gasteiger partial charge in [-0.2, -0.15) is 0 Å². The first kappa shape index (κ1) is 14.2. The van der Waals surface area contributed by atoms with Gasteiger partial charge in [-0.1, -0.05) is 17.7 Å². The molecular weight excluding hydrogens is 234 g/mol. The number of carboxylic acids is 1. The summed E-state index contributed by atoms with van der Waals surface area (Å²) in [7, 11) is 0. The number of aliphatic carboxylic acids is 1. The maximum atomic E-state index is 12.0. The summed E-state index contributed by atoms with van der Waals surface area (Å²) in [5.74, 6) is -1.58. The highest BCUT2D eigenvalue weighted by Gasteiger charge is 2.20. The predicted octanol–water partition coefficient (Wildman–Crippen LogP) is 0.869. The summed E-state index contributed by atoms with van der Waals surface area (Å²) in [5, 5.41) is 20.1. The molecular formula is C13H17NO4. The molecule has 1 amide bonds. The molecule has 0 radical (unpaired) electrons. The first-order valence-electron chi connectivity index (χ1n) is 5.67. The lowest BCUT2D eigenvalue weighted by molar-refractivity contribution is -0.139. The van der Waals surface area contributed by atoms with Crippen molar-refractivity contribution in [1.29, 1.82) is 0 Å². The second-order valence-corrected chi connectivity index (χ2v) is 4.19. The summed E-state index contributed by atoms with van der Waals surface area (Å²) in [6, 6.07) is 4.34. The fourth-order valence-corrected chi connectivity index (χ4v) is 1.60. The van der Waals surface area contributed by atoms with Gasteiger partial charge in [-0.3, -0.25) is 4.79 Å². The zero-order valence-electron chi connectivity index (χ0n) is 10.4. The molecule has 1 rings (SSSR count). The first-order valence-corrected chi connectivity index (χ1v) is 5.67. The number of carboxylic acid groups (broad SMARTS) is 1. The third-order valence-corrected chi connectivity index (χ3v) is 2.66. The van der Waals surface area contributed by atoms with E-state index in [2.05, 4.69) is 5.32 Å². The minimum Gasteiger partial charge on any atom is -0.480 e. The Morgan fingerprint density at radius 1 is 1.33 bits per heavy atom. The van der Waals surface area contributed by atoms with Gasteiger partial charge in [0.2, 0.25) is 0 Å². The smallest absolute Gasteiger partial charge is 0.326 e. The molecule has 0 bridgehead atoms. The standard InChI is InChI=1S/C13H17NO4/c1-8-3-4-9(2)10(7-8)12(16)14-11(5-6-15)13(17)18/h3-4,7,11,15H,5-6H2,1-2H3,(H,14,16)(H,17,18). The summed E-state index contributed by atoms with van der Waals surface area (Å²) >= 11 is 0. The van der Waals surface area contributed by atoms with Gasteiger partial charge in [0.25, 0.3) is 5.91 Å². The number of nitrogens with one attached hydrogen (secondary N) is 1. The summed E-state index contributed by atoms with van der Waals surface area (Å²) < 4.78 is 0. The van der Waals surface area contributed by atoms with Gasteiger partial charge in [0.05, 0.1) is 0 Å². The van der Waals surface area contributed by atoms with Crippen LogP contribution in [0.2, 0.25) is 0 Å². The van der Waals surface area contributed by atoms with Crippen molar-refractivity contribution in [3.63, 3.8) is 0 Å². The topological polar surface area (TPSA) is 86.6 Å². The lowest BCUT2D eigenvalue weighted by Gasteiger charge is -2.14. The van der Waals surface area contributed by atoms with Crippen LogP contribution in [0.4, 0.5) is 0 Å². The molecule has 1 aromatic carbocycles. The normalized spacial score (nSPS) is 11.9. The van der Waals surface area contributed by atoms with Gasteiger partial charge < -0.3 is 15.5 Å². The van der Waals surface area contributed by atoms with Crippen LogP contribution in [0.25, 0.3) is 0 Å². The molecule has 5 nitrogen and oxygen atoms in total. The molecule has 1 atom stereocenters. The van der Waals surface area contributed by atoms with Crippen LogP contribution in [-0.2, 0) is 4.79 Å². The van der Waals surface area contributed by atoms with Crippen LogP contribution in [0.15, 0.2) is 18.2 Å². The van der Waals surface area contributed by atoms with E-state index >= 15 is 0 Å². The fraction of sp³-hybridized carbons (Fsp3) is 0.385. The lowest BCUT2D eigenvalue weighted by Crippen LogP contribution is -2.41. The lowest BCUT2D eigenvalue weighted by atomic mass is 10.0. The van der Waals surface area contributed by atoms with Crippen LogP contribution in [0.1, 0.15) is 27.9 Å². The van der Waals surface area contributed by atoms with Gasteiger partial charge in [0, 0.05) is 18.6 Å². The highest BCUT2D eigenvalue weighted by molar-refractivity contribution is 5.97. The molecule has 18 heavy (non-hydrogen) atoms. The number of amides is 1. The Balaban J connectivity index is 2.86. The Kier molecular flexibility index (Phi) is 4.85. The quantitative estimate of drug-likeness (QED) is 0.724. The molecule has 1 unspecified atom stereocenters. The minimum absolute atomic E-state index is 0.00800. The maximum absolute atomic E-state index is 12.0. The number of aryl methyl sites for hydroxylation is 2. The molecule has 98 valence electrons. The van der Waals surface area contributed by atoms with E-state index < -0.39 is 17.9 Å². The van der Waals surface area contributed by atoms with Crippen molar-refractivity contribution in [3.8, 4) is 0 Å². The molecule has 0 spiro atoms. The number of rotatable bonds is 5.